The van der Waals surface area contributed by atoms with Crippen LogP contribution in [-0.2, 0) is 4.79 Å². The first-order valence-electron chi connectivity index (χ1n) is 9.12. The molecule has 0 aliphatic rings. The first kappa shape index (κ1) is 21.6. The molecule has 28 heavy (non-hydrogen) atoms. The highest BCUT2D eigenvalue weighted by Gasteiger charge is 2.17. The number of hydrazone groups is 1. The molecule has 2 N–H and O–H groups in total. The molecule has 0 fully saturated rings. The summed E-state index contributed by atoms with van der Waals surface area (Å²) < 4.78 is 6.27. The number of hydrogen-bond donors (Lipinski definition) is 2. The average molecular weight is 446 g/mol. The van der Waals surface area contributed by atoms with Crippen molar-refractivity contribution in [3.05, 3.63) is 64.1 Å². The van der Waals surface area contributed by atoms with Gasteiger partial charge in [-0.2, -0.15) is 5.10 Å². The summed E-state index contributed by atoms with van der Waals surface area (Å²) in [6.45, 7) is 4.41. The summed E-state index contributed by atoms with van der Waals surface area (Å²) in [5.41, 5.74) is 3.72. The van der Waals surface area contributed by atoms with Gasteiger partial charge in [-0.25, -0.2) is 5.43 Å². The van der Waals surface area contributed by atoms with Crippen LogP contribution in [0.1, 0.15) is 42.6 Å². The van der Waals surface area contributed by atoms with Crippen LogP contribution < -0.4 is 15.5 Å². The minimum absolute atomic E-state index is 0.335. The summed E-state index contributed by atoms with van der Waals surface area (Å²) in [7, 11) is 0. The molecule has 2 rings (SSSR count). The first-order chi connectivity index (χ1) is 13.5. The highest BCUT2D eigenvalue weighted by atomic mass is 79.9. The lowest BCUT2D eigenvalue weighted by atomic mass is 10.2. The third kappa shape index (κ3) is 6.81. The summed E-state index contributed by atoms with van der Waals surface area (Å²) in [6, 6.07) is 13.7. The van der Waals surface area contributed by atoms with Crippen LogP contribution in [0.2, 0.25) is 0 Å². The molecule has 0 saturated carbocycles. The molecule has 0 aromatic heterocycles. The van der Waals surface area contributed by atoms with E-state index in [-0.39, 0.29) is 5.91 Å². The highest BCUT2D eigenvalue weighted by Crippen LogP contribution is 2.15. The van der Waals surface area contributed by atoms with Gasteiger partial charge in [0.2, 0.25) is 0 Å². The number of halogens is 1. The fraction of sp³-hybridized carbons (Fsp3) is 0.286. The van der Waals surface area contributed by atoms with E-state index in [0.29, 0.717) is 16.6 Å². The Balaban J connectivity index is 1.82. The molecule has 148 valence electrons. The van der Waals surface area contributed by atoms with E-state index < -0.39 is 11.9 Å². The van der Waals surface area contributed by atoms with E-state index in [9.17, 15) is 9.59 Å². The van der Waals surface area contributed by atoms with Gasteiger partial charge in [0.25, 0.3) is 11.8 Å². The number of ether oxygens (including phenoxy) is 1. The zero-order valence-electron chi connectivity index (χ0n) is 15.9. The number of rotatable bonds is 9. The maximum absolute atomic E-state index is 12.2. The van der Waals surface area contributed by atoms with Crippen molar-refractivity contribution < 1.29 is 14.3 Å². The number of carbonyl (C=O) groups is 2. The van der Waals surface area contributed by atoms with Gasteiger partial charge < -0.3 is 10.1 Å². The SMILES string of the molecule is CCCCOc1ccc(C=NNC(=O)C(C)NC(=O)c2ccccc2Br)cc1. The molecule has 2 aromatic carbocycles. The van der Waals surface area contributed by atoms with Crippen LogP contribution in [0.25, 0.3) is 0 Å². The van der Waals surface area contributed by atoms with E-state index in [1.54, 1.807) is 25.1 Å². The maximum atomic E-state index is 12.2. The molecule has 1 atom stereocenters. The molecular formula is C21H24BrN3O3. The smallest absolute Gasteiger partial charge is 0.262 e. The van der Waals surface area contributed by atoms with Gasteiger partial charge in [-0.3, -0.25) is 9.59 Å². The van der Waals surface area contributed by atoms with Crippen LogP contribution >= 0.6 is 15.9 Å². The molecular weight excluding hydrogens is 422 g/mol. The lowest BCUT2D eigenvalue weighted by molar-refractivity contribution is -0.122. The summed E-state index contributed by atoms with van der Waals surface area (Å²) in [5, 5.41) is 6.59. The molecule has 0 bridgehead atoms. The Morgan fingerprint density at radius 3 is 2.57 bits per heavy atom. The van der Waals surface area contributed by atoms with Crippen molar-refractivity contribution in [1.82, 2.24) is 10.7 Å². The Kier molecular flexibility index (Phi) is 8.68. The fourth-order valence-electron chi connectivity index (χ4n) is 2.24. The number of unbranched alkanes of at least 4 members (excludes halogenated alkanes) is 1. The predicted octanol–water partition coefficient (Wildman–Crippen LogP) is 3.90. The monoisotopic (exact) mass is 445 g/mol. The van der Waals surface area contributed by atoms with E-state index in [4.69, 9.17) is 4.74 Å². The van der Waals surface area contributed by atoms with Crippen LogP contribution in [-0.4, -0.2) is 30.7 Å². The second-order valence-corrected chi connectivity index (χ2v) is 7.03. The van der Waals surface area contributed by atoms with Crippen molar-refractivity contribution in [3.63, 3.8) is 0 Å². The molecule has 0 spiro atoms. The average Bonchev–Trinajstić information content (AvgIpc) is 2.69. The van der Waals surface area contributed by atoms with E-state index in [2.05, 4.69) is 38.7 Å². The highest BCUT2D eigenvalue weighted by molar-refractivity contribution is 9.10. The summed E-state index contributed by atoms with van der Waals surface area (Å²) in [6.07, 6.45) is 3.65. The van der Waals surface area contributed by atoms with Crippen molar-refractivity contribution in [1.29, 1.82) is 0 Å². The lowest BCUT2D eigenvalue weighted by Crippen LogP contribution is -2.43. The second-order valence-electron chi connectivity index (χ2n) is 6.18. The molecule has 7 heteroatoms. The van der Waals surface area contributed by atoms with E-state index >= 15 is 0 Å². The lowest BCUT2D eigenvalue weighted by Gasteiger charge is -2.12. The Morgan fingerprint density at radius 1 is 1.18 bits per heavy atom. The third-order valence-corrected chi connectivity index (χ3v) is 4.59. The molecule has 0 radical (unpaired) electrons. The Morgan fingerprint density at radius 2 is 1.89 bits per heavy atom. The molecule has 2 amide bonds. The normalized spacial score (nSPS) is 11.8. The minimum Gasteiger partial charge on any atom is -0.494 e. The van der Waals surface area contributed by atoms with E-state index in [1.165, 1.54) is 6.21 Å². The second kappa shape index (κ2) is 11.2. The van der Waals surface area contributed by atoms with E-state index in [1.807, 2.05) is 30.3 Å². The van der Waals surface area contributed by atoms with Gasteiger partial charge in [-0.1, -0.05) is 25.5 Å². The Bertz CT molecular complexity index is 822. The van der Waals surface area contributed by atoms with Crippen molar-refractivity contribution in [2.75, 3.05) is 6.61 Å². The Hall–Kier alpha value is -2.67. The van der Waals surface area contributed by atoms with Gasteiger partial charge >= 0.3 is 0 Å². The molecule has 0 saturated heterocycles. The maximum Gasteiger partial charge on any atom is 0.262 e. The van der Waals surface area contributed by atoms with Crippen molar-refractivity contribution >= 4 is 34.0 Å². The van der Waals surface area contributed by atoms with Crippen molar-refractivity contribution in [3.8, 4) is 5.75 Å². The minimum atomic E-state index is -0.730. The number of carbonyl (C=O) groups excluding carboxylic acids is 2. The molecule has 0 aliphatic carbocycles. The van der Waals surface area contributed by atoms with Gasteiger partial charge in [0.05, 0.1) is 18.4 Å². The van der Waals surface area contributed by atoms with Crippen LogP contribution in [0.5, 0.6) is 5.75 Å². The molecule has 0 aliphatic heterocycles. The van der Waals surface area contributed by atoms with Crippen molar-refractivity contribution in [2.45, 2.75) is 32.7 Å². The molecule has 2 aromatic rings. The van der Waals surface area contributed by atoms with Crippen LogP contribution in [0.15, 0.2) is 58.1 Å². The fourth-order valence-corrected chi connectivity index (χ4v) is 2.70. The summed E-state index contributed by atoms with van der Waals surface area (Å²) >= 11 is 3.32. The molecule has 6 nitrogen and oxygen atoms in total. The Labute approximate surface area is 173 Å². The van der Waals surface area contributed by atoms with Gasteiger partial charge in [0.15, 0.2) is 0 Å². The largest absolute Gasteiger partial charge is 0.494 e. The first-order valence-corrected chi connectivity index (χ1v) is 9.91. The number of benzene rings is 2. The summed E-state index contributed by atoms with van der Waals surface area (Å²) in [5.74, 6) is 0.0620. The van der Waals surface area contributed by atoms with Gasteiger partial charge in [-0.05, 0) is 71.2 Å². The number of amides is 2. The van der Waals surface area contributed by atoms with Crippen LogP contribution in [0.3, 0.4) is 0 Å². The molecule has 1 unspecified atom stereocenters. The molecule has 0 heterocycles. The standard InChI is InChI=1S/C21H24BrN3O3/c1-3-4-13-28-17-11-9-16(10-12-17)14-23-25-20(26)15(2)24-21(27)18-7-5-6-8-19(18)22/h5-12,14-15H,3-4,13H2,1-2H3,(H,24,27)(H,25,26). The number of nitrogens with zero attached hydrogens (tertiary/aromatic N) is 1. The predicted molar refractivity (Wildman–Crippen MR) is 114 cm³/mol. The number of nitrogens with one attached hydrogen (secondary N) is 2. The topological polar surface area (TPSA) is 79.8 Å². The third-order valence-electron chi connectivity index (χ3n) is 3.89. The number of hydrogen-bond acceptors (Lipinski definition) is 4. The quantitative estimate of drug-likeness (QED) is 0.349. The van der Waals surface area contributed by atoms with E-state index in [0.717, 1.165) is 24.2 Å². The van der Waals surface area contributed by atoms with Gasteiger partial charge in [-0.15, -0.1) is 0 Å². The summed E-state index contributed by atoms with van der Waals surface area (Å²) in [4.78, 5) is 24.3. The van der Waals surface area contributed by atoms with Crippen LogP contribution in [0.4, 0.5) is 0 Å². The van der Waals surface area contributed by atoms with Gasteiger partial charge in [0, 0.05) is 4.47 Å². The van der Waals surface area contributed by atoms with Crippen LogP contribution in [0, 0.1) is 0 Å². The zero-order chi connectivity index (χ0) is 20.4. The van der Waals surface area contributed by atoms with Gasteiger partial charge in [0.1, 0.15) is 11.8 Å². The zero-order valence-corrected chi connectivity index (χ0v) is 17.5. The van der Waals surface area contributed by atoms with Crippen molar-refractivity contribution in [2.24, 2.45) is 5.10 Å².